The van der Waals surface area contributed by atoms with Gasteiger partial charge in [0.05, 0.1) is 11.5 Å². The second kappa shape index (κ2) is 6.75. The molecule has 0 radical (unpaired) electrons. The van der Waals surface area contributed by atoms with E-state index in [-0.39, 0.29) is 18.4 Å². The average molecular weight is 391 g/mol. The molecule has 0 spiro atoms. The van der Waals surface area contributed by atoms with Gasteiger partial charge in [-0.05, 0) is 25.1 Å². The molecular weight excluding hydrogens is 380 g/mol. The minimum atomic E-state index is -0.630. The number of rotatable bonds is 5. The molecule has 24 heavy (non-hydrogen) atoms. The Balaban J connectivity index is 2.11. The van der Waals surface area contributed by atoms with E-state index in [0.717, 1.165) is 16.2 Å². The molecule has 0 saturated heterocycles. The van der Waals surface area contributed by atoms with Crippen molar-refractivity contribution in [2.75, 3.05) is 6.61 Å². The highest BCUT2D eigenvalue weighted by Crippen LogP contribution is 2.38. The monoisotopic (exact) mass is 390 g/mol. The Bertz CT molecular complexity index is 919. The summed E-state index contributed by atoms with van der Waals surface area (Å²) in [5, 5.41) is 12.2. The molecule has 2 aromatic heterocycles. The first-order chi connectivity index (χ1) is 11.6. The normalized spacial score (nSPS) is 10.6. The Hall–Kier alpha value is -2.81. The van der Waals surface area contributed by atoms with Gasteiger partial charge in [0.2, 0.25) is 0 Å². The lowest BCUT2D eigenvalue weighted by atomic mass is 10.2. The molecule has 0 amide bonds. The van der Waals surface area contributed by atoms with Gasteiger partial charge < -0.3 is 9.47 Å². The van der Waals surface area contributed by atoms with Crippen LogP contribution in [0, 0.1) is 10.1 Å². The topological polar surface area (TPSA) is 100 Å². The van der Waals surface area contributed by atoms with Gasteiger partial charge >= 0.3 is 17.4 Å². The van der Waals surface area contributed by atoms with Crippen molar-refractivity contribution in [2.24, 2.45) is 0 Å². The zero-order valence-corrected chi connectivity index (χ0v) is 14.1. The van der Waals surface area contributed by atoms with Gasteiger partial charge in [0.1, 0.15) is 11.8 Å². The van der Waals surface area contributed by atoms with Crippen molar-refractivity contribution in [3.8, 4) is 17.5 Å². The zero-order valence-electron chi connectivity index (χ0n) is 12.5. The smallest absolute Gasteiger partial charge is 0.392 e. The van der Waals surface area contributed by atoms with Crippen molar-refractivity contribution in [1.29, 1.82) is 0 Å². The number of benzene rings is 1. The molecule has 2 heterocycles. The van der Waals surface area contributed by atoms with Crippen LogP contribution in [0.1, 0.15) is 6.92 Å². The largest absolute Gasteiger partial charge is 0.473 e. The first kappa shape index (κ1) is 16.1. The summed E-state index contributed by atoms with van der Waals surface area (Å²) >= 11 is 3.44. The van der Waals surface area contributed by atoms with Crippen LogP contribution in [0.2, 0.25) is 0 Å². The fourth-order valence-electron chi connectivity index (χ4n) is 2.12. The molecule has 9 heteroatoms. The fourth-order valence-corrected chi connectivity index (χ4v) is 2.57. The average Bonchev–Trinajstić information content (AvgIpc) is 2.58. The summed E-state index contributed by atoms with van der Waals surface area (Å²) in [7, 11) is 0. The van der Waals surface area contributed by atoms with E-state index in [2.05, 4.69) is 30.9 Å². The molecule has 0 aliphatic carbocycles. The minimum Gasteiger partial charge on any atom is -0.473 e. The number of ether oxygens (including phenoxy) is 2. The Labute approximate surface area is 144 Å². The van der Waals surface area contributed by atoms with E-state index in [1.165, 1.54) is 0 Å². The van der Waals surface area contributed by atoms with E-state index in [9.17, 15) is 10.1 Å². The summed E-state index contributed by atoms with van der Waals surface area (Å²) in [5.41, 5.74) is 0.129. The summed E-state index contributed by atoms with van der Waals surface area (Å²) < 4.78 is 11.7. The molecule has 0 fully saturated rings. The molecule has 1 aromatic carbocycles. The highest BCUT2D eigenvalue weighted by Gasteiger charge is 2.27. The van der Waals surface area contributed by atoms with E-state index in [1.54, 1.807) is 31.3 Å². The molecule has 0 bridgehead atoms. The number of nitro groups is 1. The highest BCUT2D eigenvalue weighted by atomic mass is 79.9. The number of halogens is 1. The van der Waals surface area contributed by atoms with E-state index in [1.807, 2.05) is 6.07 Å². The molecule has 0 saturated carbocycles. The van der Waals surface area contributed by atoms with Crippen LogP contribution < -0.4 is 9.47 Å². The molecule has 8 nitrogen and oxygen atoms in total. The third-order valence-corrected chi connectivity index (χ3v) is 3.80. The molecule has 0 unspecified atom stereocenters. The van der Waals surface area contributed by atoms with Gasteiger partial charge in [0.25, 0.3) is 0 Å². The van der Waals surface area contributed by atoms with Gasteiger partial charge in [-0.25, -0.2) is 0 Å². The maximum absolute atomic E-state index is 11.4. The Morgan fingerprint density at radius 1 is 1.21 bits per heavy atom. The highest BCUT2D eigenvalue weighted by molar-refractivity contribution is 9.10. The Morgan fingerprint density at radius 3 is 2.75 bits per heavy atom. The van der Waals surface area contributed by atoms with Gasteiger partial charge in [0, 0.05) is 16.1 Å². The van der Waals surface area contributed by atoms with Crippen molar-refractivity contribution < 1.29 is 14.4 Å². The van der Waals surface area contributed by atoms with Gasteiger partial charge in [-0.2, -0.15) is 9.97 Å². The van der Waals surface area contributed by atoms with Gasteiger partial charge in [-0.3, -0.25) is 15.1 Å². The van der Waals surface area contributed by atoms with E-state index in [4.69, 9.17) is 9.47 Å². The predicted octanol–water partition coefficient (Wildman–Crippen LogP) is 3.89. The lowest BCUT2D eigenvalue weighted by Crippen LogP contribution is -2.03. The summed E-state index contributed by atoms with van der Waals surface area (Å²) in [6.45, 7) is 1.94. The number of hydrogen-bond acceptors (Lipinski definition) is 7. The standard InChI is InChI=1S/C15H11BrN4O4/c1-2-23-14-13(20(21)22)15(19-8-18-14)24-11-6-5-10(16)9-4-3-7-17-12(9)11/h3-8H,2H2,1H3. The molecule has 3 rings (SSSR count). The summed E-state index contributed by atoms with van der Waals surface area (Å²) in [6, 6.07) is 7.08. The van der Waals surface area contributed by atoms with Crippen LogP contribution in [-0.2, 0) is 0 Å². The molecule has 3 aromatic rings. The summed E-state index contributed by atoms with van der Waals surface area (Å²) in [5.74, 6) is 0.00708. The minimum absolute atomic E-state index is 0.137. The molecule has 122 valence electrons. The predicted molar refractivity (Wildman–Crippen MR) is 89.4 cm³/mol. The number of pyridine rings is 1. The number of hydrogen-bond donors (Lipinski definition) is 0. The van der Waals surface area contributed by atoms with Gasteiger partial charge in [-0.1, -0.05) is 22.0 Å². The fraction of sp³-hybridized carbons (Fsp3) is 0.133. The third-order valence-electron chi connectivity index (χ3n) is 3.10. The lowest BCUT2D eigenvalue weighted by molar-refractivity contribution is -0.387. The van der Waals surface area contributed by atoms with Crippen LogP contribution in [0.4, 0.5) is 5.69 Å². The second-order valence-electron chi connectivity index (χ2n) is 4.57. The van der Waals surface area contributed by atoms with Crippen molar-refractivity contribution in [3.05, 3.63) is 51.4 Å². The zero-order chi connectivity index (χ0) is 17.1. The van der Waals surface area contributed by atoms with Crippen molar-refractivity contribution in [2.45, 2.75) is 6.92 Å². The summed E-state index contributed by atoms with van der Waals surface area (Å²) in [4.78, 5) is 22.7. The van der Waals surface area contributed by atoms with E-state index < -0.39 is 10.6 Å². The Kier molecular flexibility index (Phi) is 4.52. The van der Waals surface area contributed by atoms with Crippen molar-refractivity contribution in [3.63, 3.8) is 0 Å². The van der Waals surface area contributed by atoms with Crippen molar-refractivity contribution in [1.82, 2.24) is 15.0 Å². The SMILES string of the molecule is CCOc1ncnc(Oc2ccc(Br)c3cccnc23)c1[N+](=O)[O-]. The third kappa shape index (κ3) is 2.98. The van der Waals surface area contributed by atoms with Crippen LogP contribution in [-0.4, -0.2) is 26.5 Å². The van der Waals surface area contributed by atoms with E-state index in [0.29, 0.717) is 11.3 Å². The van der Waals surface area contributed by atoms with Gasteiger partial charge in [-0.15, -0.1) is 0 Å². The second-order valence-corrected chi connectivity index (χ2v) is 5.42. The molecule has 0 atom stereocenters. The summed E-state index contributed by atoms with van der Waals surface area (Å²) in [6.07, 6.45) is 2.77. The van der Waals surface area contributed by atoms with E-state index >= 15 is 0 Å². The molecule has 0 aliphatic rings. The number of aromatic nitrogens is 3. The lowest BCUT2D eigenvalue weighted by Gasteiger charge is -2.10. The molecular formula is C15H11BrN4O4. The maximum Gasteiger partial charge on any atom is 0.392 e. The number of fused-ring (bicyclic) bond motifs is 1. The van der Waals surface area contributed by atoms with Crippen LogP contribution in [0.15, 0.2) is 41.3 Å². The molecule has 0 N–H and O–H groups in total. The van der Waals surface area contributed by atoms with Crippen LogP contribution in [0.3, 0.4) is 0 Å². The first-order valence-corrected chi connectivity index (χ1v) is 7.74. The quantitative estimate of drug-likeness (QED) is 0.481. The first-order valence-electron chi connectivity index (χ1n) is 6.95. The van der Waals surface area contributed by atoms with Gasteiger partial charge in [0.15, 0.2) is 5.75 Å². The number of nitrogens with zero attached hydrogens (tertiary/aromatic N) is 4. The van der Waals surface area contributed by atoms with Crippen LogP contribution >= 0.6 is 15.9 Å². The maximum atomic E-state index is 11.4. The van der Waals surface area contributed by atoms with Crippen LogP contribution in [0.25, 0.3) is 10.9 Å². The molecule has 0 aliphatic heterocycles. The van der Waals surface area contributed by atoms with Crippen LogP contribution in [0.5, 0.6) is 17.5 Å². The van der Waals surface area contributed by atoms with Crippen molar-refractivity contribution >= 4 is 32.5 Å². The Morgan fingerprint density at radius 2 is 2.00 bits per heavy atom.